The van der Waals surface area contributed by atoms with Gasteiger partial charge in [0.1, 0.15) is 5.56 Å². The number of benzene rings is 1. The summed E-state index contributed by atoms with van der Waals surface area (Å²) < 4.78 is 10.6. The molecule has 0 amide bonds. The second-order valence-corrected chi connectivity index (χ2v) is 7.07. The van der Waals surface area contributed by atoms with Crippen molar-refractivity contribution in [3.05, 3.63) is 23.3 Å². The molecule has 1 aliphatic heterocycles. The molecule has 1 aromatic carbocycles. The summed E-state index contributed by atoms with van der Waals surface area (Å²) in [5, 5.41) is 9.49. The number of rotatable bonds is 12. The molecule has 1 N–H and O–H groups in total. The van der Waals surface area contributed by atoms with Crippen LogP contribution < -0.4 is 9.47 Å². The van der Waals surface area contributed by atoms with Gasteiger partial charge in [0.2, 0.25) is 6.79 Å². The van der Waals surface area contributed by atoms with E-state index in [1.165, 1.54) is 44.9 Å². The number of ether oxygens (including phenoxy) is 2. The Morgan fingerprint density at radius 3 is 2.33 bits per heavy atom. The van der Waals surface area contributed by atoms with E-state index in [4.69, 9.17) is 9.47 Å². The fourth-order valence-electron chi connectivity index (χ4n) is 3.31. The first-order valence-corrected chi connectivity index (χ1v) is 10.3. The van der Waals surface area contributed by atoms with Gasteiger partial charge in [0.15, 0.2) is 11.5 Å². The van der Waals surface area contributed by atoms with E-state index in [0.29, 0.717) is 11.5 Å². The molecule has 0 saturated carbocycles. The third-order valence-electron chi connectivity index (χ3n) is 4.87. The quantitative estimate of drug-likeness (QED) is 0.363. The van der Waals surface area contributed by atoms with Crippen LogP contribution in [-0.4, -0.2) is 17.9 Å². The summed E-state index contributed by atoms with van der Waals surface area (Å²) >= 11 is 0. The maximum Gasteiger partial charge on any atom is 0.339 e. The van der Waals surface area contributed by atoms with Crippen molar-refractivity contribution >= 4 is 5.97 Å². The summed E-state index contributed by atoms with van der Waals surface area (Å²) in [7, 11) is 0. The lowest BCUT2D eigenvalue weighted by Crippen LogP contribution is -2.05. The van der Waals surface area contributed by atoms with Gasteiger partial charge in [-0.3, -0.25) is 0 Å². The molecule has 0 atom stereocenters. The third kappa shape index (κ3) is 7.17. The molecule has 0 unspecified atom stereocenters. The van der Waals surface area contributed by atoms with E-state index in [1.54, 1.807) is 0 Å². The summed E-state index contributed by atoms with van der Waals surface area (Å²) in [4.78, 5) is 11.6. The van der Waals surface area contributed by atoms with Crippen molar-refractivity contribution < 1.29 is 19.4 Å². The number of hydrogen-bond acceptors (Lipinski definition) is 3. The first-order chi connectivity index (χ1) is 13.2. The zero-order valence-corrected chi connectivity index (χ0v) is 16.5. The molecule has 4 nitrogen and oxygen atoms in total. The van der Waals surface area contributed by atoms with Crippen LogP contribution in [0.2, 0.25) is 0 Å². The number of aromatic carboxylic acids is 1. The molecule has 0 aromatic heterocycles. The van der Waals surface area contributed by atoms with Gasteiger partial charge in [0, 0.05) is 12.8 Å². The van der Waals surface area contributed by atoms with Crippen LogP contribution >= 0.6 is 0 Å². The number of fused-ring (bicyclic) bond motifs is 1. The van der Waals surface area contributed by atoms with Crippen molar-refractivity contribution in [2.24, 2.45) is 0 Å². The van der Waals surface area contributed by atoms with Crippen molar-refractivity contribution in [3.8, 4) is 23.3 Å². The van der Waals surface area contributed by atoms with Crippen molar-refractivity contribution in [1.82, 2.24) is 0 Å². The van der Waals surface area contributed by atoms with Gasteiger partial charge < -0.3 is 14.6 Å². The second kappa shape index (κ2) is 12.3. The zero-order chi connectivity index (χ0) is 19.3. The van der Waals surface area contributed by atoms with Crippen molar-refractivity contribution in [2.45, 2.75) is 84.0 Å². The highest BCUT2D eigenvalue weighted by Crippen LogP contribution is 2.38. The summed E-state index contributed by atoms with van der Waals surface area (Å²) in [6, 6.07) is 3.67. The van der Waals surface area contributed by atoms with Gasteiger partial charge in [-0.25, -0.2) is 4.79 Å². The van der Waals surface area contributed by atoms with Gasteiger partial charge in [-0.05, 0) is 37.3 Å². The van der Waals surface area contributed by atoms with Crippen molar-refractivity contribution in [3.63, 3.8) is 0 Å². The summed E-state index contributed by atoms with van der Waals surface area (Å²) in [5.41, 5.74) is 1.11. The molecule has 0 fully saturated rings. The molecule has 1 heterocycles. The molecule has 0 radical (unpaired) electrons. The summed E-state index contributed by atoms with van der Waals surface area (Å²) in [5.74, 6) is 6.49. The predicted octanol–water partition coefficient (Wildman–Crippen LogP) is 5.97. The highest BCUT2D eigenvalue weighted by Gasteiger charge is 2.24. The van der Waals surface area contributed by atoms with E-state index < -0.39 is 5.97 Å². The monoisotopic (exact) mass is 372 g/mol. The SMILES string of the molecule is CCCCC#CCCCCCCCCCc1ccc2c(c1C(=O)O)OCO2. The van der Waals surface area contributed by atoms with E-state index in [1.807, 2.05) is 12.1 Å². The van der Waals surface area contributed by atoms with Crippen LogP contribution in [0.1, 0.15) is 93.5 Å². The number of hydrogen-bond donors (Lipinski definition) is 1. The predicted molar refractivity (Wildman–Crippen MR) is 107 cm³/mol. The minimum atomic E-state index is -0.940. The van der Waals surface area contributed by atoms with Gasteiger partial charge >= 0.3 is 5.97 Å². The Morgan fingerprint density at radius 1 is 0.963 bits per heavy atom. The molecule has 27 heavy (non-hydrogen) atoms. The molecule has 4 heteroatoms. The minimum absolute atomic E-state index is 0.101. The summed E-state index contributed by atoms with van der Waals surface area (Å²) in [6.45, 7) is 2.30. The third-order valence-corrected chi connectivity index (χ3v) is 4.87. The normalized spacial score (nSPS) is 11.9. The molecular weight excluding hydrogens is 340 g/mol. The molecule has 0 bridgehead atoms. The van der Waals surface area contributed by atoms with Crippen molar-refractivity contribution in [1.29, 1.82) is 0 Å². The van der Waals surface area contributed by atoms with E-state index in [-0.39, 0.29) is 12.4 Å². The Labute approximate surface area is 163 Å². The van der Waals surface area contributed by atoms with Gasteiger partial charge in [-0.1, -0.05) is 51.5 Å². The molecule has 1 aromatic rings. The van der Waals surface area contributed by atoms with Gasteiger partial charge in [-0.15, -0.1) is 11.8 Å². The van der Waals surface area contributed by atoms with Gasteiger partial charge in [0.05, 0.1) is 0 Å². The average molecular weight is 373 g/mol. The highest BCUT2D eigenvalue weighted by atomic mass is 16.7. The Bertz CT molecular complexity index is 654. The first-order valence-electron chi connectivity index (χ1n) is 10.3. The fourth-order valence-corrected chi connectivity index (χ4v) is 3.31. The van der Waals surface area contributed by atoms with Crippen LogP contribution in [0.3, 0.4) is 0 Å². The lowest BCUT2D eigenvalue weighted by atomic mass is 9.99. The van der Waals surface area contributed by atoms with E-state index in [9.17, 15) is 9.90 Å². The smallest absolute Gasteiger partial charge is 0.339 e. The number of carboxylic acid groups (broad SMARTS) is 1. The van der Waals surface area contributed by atoms with Crippen LogP contribution in [0.25, 0.3) is 0 Å². The molecular formula is C23H32O4. The Kier molecular flexibility index (Phi) is 9.62. The lowest BCUT2D eigenvalue weighted by molar-refractivity contribution is 0.0691. The maximum absolute atomic E-state index is 11.6. The van der Waals surface area contributed by atoms with Crippen molar-refractivity contribution in [2.75, 3.05) is 6.79 Å². The number of aryl methyl sites for hydroxylation is 1. The fraction of sp³-hybridized carbons (Fsp3) is 0.609. The van der Waals surface area contributed by atoms with E-state index >= 15 is 0 Å². The molecule has 0 spiro atoms. The molecule has 0 saturated heterocycles. The molecule has 1 aliphatic rings. The number of unbranched alkanes of at least 4 members (excludes halogenated alkanes) is 9. The standard InChI is InChI=1S/C23H32O4/c1-2-3-4-5-6-7-8-9-10-11-12-13-14-15-19-16-17-20-22(27-18-26-20)21(19)23(24)25/h16-17H,2-4,7-15,18H2,1H3,(H,24,25). The topological polar surface area (TPSA) is 55.8 Å². The molecule has 2 rings (SSSR count). The first kappa shape index (κ1) is 21.2. The maximum atomic E-state index is 11.6. The lowest BCUT2D eigenvalue weighted by Gasteiger charge is -2.09. The van der Waals surface area contributed by atoms with E-state index in [2.05, 4.69) is 18.8 Å². The largest absolute Gasteiger partial charge is 0.478 e. The Hall–Kier alpha value is -2.15. The van der Waals surface area contributed by atoms with E-state index in [0.717, 1.165) is 37.7 Å². The average Bonchev–Trinajstić information content (AvgIpc) is 3.13. The Morgan fingerprint density at radius 2 is 1.63 bits per heavy atom. The minimum Gasteiger partial charge on any atom is -0.478 e. The molecule has 0 aliphatic carbocycles. The van der Waals surface area contributed by atoms with Crippen LogP contribution in [0.15, 0.2) is 12.1 Å². The van der Waals surface area contributed by atoms with Crippen LogP contribution in [0.5, 0.6) is 11.5 Å². The summed E-state index contributed by atoms with van der Waals surface area (Å²) in [6.07, 6.45) is 13.6. The zero-order valence-electron chi connectivity index (χ0n) is 16.5. The highest BCUT2D eigenvalue weighted by molar-refractivity contribution is 5.94. The number of carboxylic acids is 1. The van der Waals surface area contributed by atoms with Gasteiger partial charge in [-0.2, -0.15) is 0 Å². The van der Waals surface area contributed by atoms with Crippen LogP contribution in [0.4, 0.5) is 0 Å². The Balaban J connectivity index is 1.57. The van der Waals surface area contributed by atoms with Crippen LogP contribution in [-0.2, 0) is 6.42 Å². The molecule has 148 valence electrons. The second-order valence-electron chi connectivity index (χ2n) is 7.07. The van der Waals surface area contributed by atoms with Crippen LogP contribution in [0, 0.1) is 11.8 Å². The van der Waals surface area contributed by atoms with Gasteiger partial charge in [0.25, 0.3) is 0 Å². The number of carbonyl (C=O) groups is 1.